The van der Waals surface area contributed by atoms with E-state index in [1.807, 2.05) is 0 Å². The van der Waals surface area contributed by atoms with Crippen LogP contribution in [-0.2, 0) is 20.1 Å². The minimum absolute atomic E-state index is 0.00440. The first-order chi connectivity index (χ1) is 11.6. The van der Waals surface area contributed by atoms with Crippen molar-refractivity contribution in [2.75, 3.05) is 5.32 Å². The second-order valence-electron chi connectivity index (χ2n) is 10.6. The zero-order valence-corrected chi connectivity index (χ0v) is 18.0. The molecular weight excluding hydrogens is 321 g/mol. The molecule has 26 heavy (non-hydrogen) atoms. The number of hydrogen-bond acceptors (Lipinski definition) is 3. The summed E-state index contributed by atoms with van der Waals surface area (Å²) in [5.74, 6) is 0. The average Bonchev–Trinajstić information content (AvgIpc) is 2.64. The summed E-state index contributed by atoms with van der Waals surface area (Å²) in [5.41, 5.74) is 5.36. The molecule has 2 heterocycles. The van der Waals surface area contributed by atoms with E-state index in [0.29, 0.717) is 0 Å². The Labute approximate surface area is 159 Å². The lowest BCUT2D eigenvalue weighted by Gasteiger charge is -2.38. The summed E-state index contributed by atoms with van der Waals surface area (Å²) in [4.78, 5) is 0. The quantitative estimate of drug-likeness (QED) is 0.728. The van der Waals surface area contributed by atoms with Crippen LogP contribution in [0.15, 0.2) is 24.4 Å². The van der Waals surface area contributed by atoms with E-state index in [2.05, 4.69) is 86.3 Å². The van der Waals surface area contributed by atoms with Crippen molar-refractivity contribution in [3.63, 3.8) is 0 Å². The molecule has 4 heteroatoms. The van der Waals surface area contributed by atoms with E-state index in [1.165, 1.54) is 16.8 Å². The van der Waals surface area contributed by atoms with Crippen LogP contribution in [0.5, 0.6) is 0 Å². The minimum Gasteiger partial charge on any atom is -0.399 e. The van der Waals surface area contributed by atoms with Crippen molar-refractivity contribution in [1.82, 2.24) is 0 Å². The first-order valence-electron chi connectivity index (χ1n) is 9.63. The highest BCUT2D eigenvalue weighted by molar-refractivity contribution is 6.62. The Morgan fingerprint density at radius 3 is 2.04 bits per heavy atom. The molecule has 0 amide bonds. The standard InChI is InChI=1S/C22H34BNO2/c1-14-13-20(5,6)17-12-15(11-16(18(17)24-14)19(2,3)4)23-25-21(7,8)22(9,10)26-23/h11-12,24H,1,13H2,2-10H3. The van der Waals surface area contributed by atoms with Gasteiger partial charge in [0.05, 0.1) is 11.2 Å². The summed E-state index contributed by atoms with van der Waals surface area (Å²) in [5, 5.41) is 3.56. The summed E-state index contributed by atoms with van der Waals surface area (Å²) in [6.07, 6.45) is 0.927. The van der Waals surface area contributed by atoms with Gasteiger partial charge in [-0.25, -0.2) is 0 Å². The molecule has 2 aliphatic rings. The molecule has 0 saturated carbocycles. The molecule has 3 nitrogen and oxygen atoms in total. The minimum atomic E-state index is -0.340. The fraction of sp³-hybridized carbons (Fsp3) is 0.636. The van der Waals surface area contributed by atoms with Crippen LogP contribution in [0, 0.1) is 0 Å². The van der Waals surface area contributed by atoms with Crippen LogP contribution >= 0.6 is 0 Å². The predicted octanol–water partition coefficient (Wildman–Crippen LogP) is 4.89. The topological polar surface area (TPSA) is 30.5 Å². The van der Waals surface area contributed by atoms with Crippen molar-refractivity contribution < 1.29 is 9.31 Å². The van der Waals surface area contributed by atoms with Crippen molar-refractivity contribution in [2.24, 2.45) is 0 Å². The predicted molar refractivity (Wildman–Crippen MR) is 111 cm³/mol. The molecule has 1 fully saturated rings. The van der Waals surface area contributed by atoms with Crippen LogP contribution < -0.4 is 10.8 Å². The fourth-order valence-corrected chi connectivity index (χ4v) is 3.89. The van der Waals surface area contributed by atoms with E-state index in [1.54, 1.807) is 0 Å². The van der Waals surface area contributed by atoms with Gasteiger partial charge in [-0.15, -0.1) is 0 Å². The van der Waals surface area contributed by atoms with E-state index >= 15 is 0 Å². The first kappa shape index (κ1) is 19.5. The molecule has 1 aromatic carbocycles. The molecule has 0 radical (unpaired) electrons. The Morgan fingerprint density at radius 1 is 1.00 bits per heavy atom. The number of fused-ring (bicyclic) bond motifs is 1. The number of anilines is 1. The highest BCUT2D eigenvalue weighted by Crippen LogP contribution is 2.45. The maximum atomic E-state index is 6.34. The molecule has 3 rings (SSSR count). The lowest BCUT2D eigenvalue weighted by molar-refractivity contribution is 0.00578. The molecule has 0 unspecified atom stereocenters. The lowest BCUT2D eigenvalue weighted by Crippen LogP contribution is -2.41. The maximum Gasteiger partial charge on any atom is 0.494 e. The molecule has 142 valence electrons. The second kappa shape index (κ2) is 5.62. The summed E-state index contributed by atoms with van der Waals surface area (Å²) in [6.45, 7) is 24.0. The van der Waals surface area contributed by atoms with Crippen molar-refractivity contribution >= 4 is 18.3 Å². The van der Waals surface area contributed by atoms with Gasteiger partial charge in [0.2, 0.25) is 0 Å². The Bertz CT molecular complexity index is 723. The van der Waals surface area contributed by atoms with Crippen LogP contribution in [0.2, 0.25) is 0 Å². The van der Waals surface area contributed by atoms with Gasteiger partial charge >= 0.3 is 7.12 Å². The normalized spacial score (nSPS) is 23.6. The van der Waals surface area contributed by atoms with Crippen molar-refractivity contribution in [2.45, 2.75) is 90.8 Å². The number of benzene rings is 1. The molecule has 0 aliphatic carbocycles. The molecule has 0 atom stereocenters. The molecule has 1 N–H and O–H groups in total. The SMILES string of the molecule is C=C1CC(C)(C)c2cc(B3OC(C)(C)C(C)(C)O3)cc(C(C)(C)C)c2N1. The summed E-state index contributed by atoms with van der Waals surface area (Å²) in [6, 6.07) is 4.52. The molecule has 1 aromatic rings. The molecule has 0 aromatic heterocycles. The number of nitrogens with one attached hydrogen (secondary N) is 1. The van der Waals surface area contributed by atoms with Crippen molar-refractivity contribution in [3.05, 3.63) is 35.5 Å². The van der Waals surface area contributed by atoms with Crippen LogP contribution in [-0.4, -0.2) is 18.3 Å². The van der Waals surface area contributed by atoms with E-state index in [-0.39, 0.29) is 29.2 Å². The largest absolute Gasteiger partial charge is 0.494 e. The Morgan fingerprint density at radius 2 is 1.54 bits per heavy atom. The number of allylic oxidation sites excluding steroid dienone is 1. The Kier molecular flexibility index (Phi) is 4.22. The van der Waals surface area contributed by atoms with Crippen molar-refractivity contribution in [3.8, 4) is 0 Å². The van der Waals surface area contributed by atoms with Crippen LogP contribution in [0.4, 0.5) is 5.69 Å². The highest BCUT2D eigenvalue weighted by atomic mass is 16.7. The smallest absolute Gasteiger partial charge is 0.399 e. The van der Waals surface area contributed by atoms with Crippen LogP contribution in [0.3, 0.4) is 0 Å². The van der Waals surface area contributed by atoms with Gasteiger partial charge < -0.3 is 14.6 Å². The molecule has 1 saturated heterocycles. The van der Waals surface area contributed by atoms with E-state index in [4.69, 9.17) is 9.31 Å². The lowest BCUT2D eigenvalue weighted by atomic mass is 9.68. The fourth-order valence-electron chi connectivity index (χ4n) is 3.89. The van der Waals surface area contributed by atoms with Gasteiger partial charge in [0.15, 0.2) is 0 Å². The molecular formula is C22H34BNO2. The van der Waals surface area contributed by atoms with Crippen LogP contribution in [0.1, 0.15) is 79.9 Å². The number of rotatable bonds is 1. The van der Waals surface area contributed by atoms with Gasteiger partial charge in [-0.05, 0) is 61.5 Å². The molecule has 0 spiro atoms. The number of hydrogen-bond donors (Lipinski definition) is 1. The average molecular weight is 355 g/mol. The second-order valence-corrected chi connectivity index (χ2v) is 10.6. The Hall–Kier alpha value is -1.26. The van der Waals surface area contributed by atoms with Gasteiger partial charge in [-0.3, -0.25) is 0 Å². The summed E-state index contributed by atoms with van der Waals surface area (Å²) >= 11 is 0. The van der Waals surface area contributed by atoms with E-state index in [0.717, 1.165) is 17.6 Å². The third-order valence-electron chi connectivity index (χ3n) is 6.18. The van der Waals surface area contributed by atoms with Gasteiger partial charge in [0, 0.05) is 11.4 Å². The third-order valence-corrected chi connectivity index (χ3v) is 6.18. The van der Waals surface area contributed by atoms with Gasteiger partial charge in [0.1, 0.15) is 0 Å². The molecule has 2 aliphatic heterocycles. The maximum absolute atomic E-state index is 6.34. The monoisotopic (exact) mass is 355 g/mol. The zero-order chi connectivity index (χ0) is 19.7. The molecule has 0 bridgehead atoms. The third kappa shape index (κ3) is 3.12. The van der Waals surface area contributed by atoms with E-state index < -0.39 is 0 Å². The summed E-state index contributed by atoms with van der Waals surface area (Å²) < 4.78 is 12.7. The Balaban J connectivity index is 2.17. The van der Waals surface area contributed by atoms with E-state index in [9.17, 15) is 0 Å². The van der Waals surface area contributed by atoms with Crippen LogP contribution in [0.25, 0.3) is 0 Å². The first-order valence-corrected chi connectivity index (χ1v) is 9.63. The summed E-state index contributed by atoms with van der Waals surface area (Å²) in [7, 11) is -0.340. The van der Waals surface area contributed by atoms with Gasteiger partial charge in [0.25, 0.3) is 0 Å². The highest BCUT2D eigenvalue weighted by Gasteiger charge is 2.52. The zero-order valence-electron chi connectivity index (χ0n) is 18.0. The van der Waals surface area contributed by atoms with Crippen molar-refractivity contribution in [1.29, 1.82) is 0 Å². The van der Waals surface area contributed by atoms with Gasteiger partial charge in [-0.2, -0.15) is 0 Å². The van der Waals surface area contributed by atoms with Gasteiger partial charge in [-0.1, -0.05) is 53.3 Å².